The number of hydrogen-bond donors (Lipinski definition) is 1. The van der Waals surface area contributed by atoms with Gasteiger partial charge in [-0.05, 0) is 30.5 Å². The average Bonchev–Trinajstić information content (AvgIpc) is 3.21. The molecule has 0 aromatic heterocycles. The maximum absolute atomic E-state index is 11.8. The summed E-state index contributed by atoms with van der Waals surface area (Å²) in [7, 11) is -4.54. The molecule has 2 aromatic carbocycles. The summed E-state index contributed by atoms with van der Waals surface area (Å²) in [5.41, 5.74) is 2.42. The van der Waals surface area contributed by atoms with E-state index in [9.17, 15) is 13.0 Å². The molecule has 1 unspecified atom stereocenters. The number of fused-ring (bicyclic) bond motifs is 1. The van der Waals surface area contributed by atoms with E-state index in [-0.39, 0.29) is 62.4 Å². The van der Waals surface area contributed by atoms with E-state index >= 15 is 0 Å². The van der Waals surface area contributed by atoms with Crippen LogP contribution in [0.1, 0.15) is 109 Å². The van der Waals surface area contributed by atoms with Crippen LogP contribution >= 0.6 is 0 Å². The number of rotatable bonds is 18. The Morgan fingerprint density at radius 2 is 1.30 bits per heavy atom. The smallest absolute Gasteiger partial charge is 0.744 e. The molecule has 1 aliphatic heterocycles. The van der Waals surface area contributed by atoms with E-state index in [0.717, 1.165) is 24.1 Å². The normalized spacial score (nSPS) is 14.8. The van der Waals surface area contributed by atoms with Crippen LogP contribution in [0.5, 0.6) is 0 Å². The molecule has 5 nitrogen and oxygen atoms in total. The molecular weight excluding hydrogens is 508 g/mol. The van der Waals surface area contributed by atoms with Gasteiger partial charge < -0.3 is 14.8 Å². The standard InChI is InChI=1S/C30H46N2O3S.K/c1-2-3-4-5-6-7-8-9-10-11-12-13-14-18-24-29-31-30-27(22-19-23-28(30)36(33,34)35)32(29)25-26-20-16-15-17-21-26;/h15-17,19-23,29,31H,2-14,18,24-25H2,1H3,(H,33,34,35);/q;+1/p-1. The van der Waals surface area contributed by atoms with Crippen LogP contribution in [-0.2, 0) is 16.7 Å². The largest absolute Gasteiger partial charge is 1.00 e. The minimum Gasteiger partial charge on any atom is -0.744 e. The third-order valence-electron chi connectivity index (χ3n) is 7.30. The predicted octanol–water partition coefficient (Wildman–Crippen LogP) is 5.22. The molecule has 3 rings (SSSR count). The summed E-state index contributed by atoms with van der Waals surface area (Å²) in [6, 6.07) is 15.2. The van der Waals surface area contributed by atoms with E-state index in [1.165, 1.54) is 89.5 Å². The zero-order valence-electron chi connectivity index (χ0n) is 23.1. The number of hydrogen-bond acceptors (Lipinski definition) is 5. The fourth-order valence-electron chi connectivity index (χ4n) is 5.26. The van der Waals surface area contributed by atoms with Gasteiger partial charge >= 0.3 is 51.4 Å². The van der Waals surface area contributed by atoms with Gasteiger partial charge in [0.05, 0.1) is 22.4 Å². The Balaban J connectivity index is 0.00000481. The second kappa shape index (κ2) is 18.0. The van der Waals surface area contributed by atoms with Crippen LogP contribution in [-0.4, -0.2) is 19.1 Å². The van der Waals surface area contributed by atoms with Crippen LogP contribution in [0.4, 0.5) is 11.4 Å². The Morgan fingerprint density at radius 3 is 1.84 bits per heavy atom. The van der Waals surface area contributed by atoms with Crippen molar-refractivity contribution in [1.29, 1.82) is 0 Å². The minimum atomic E-state index is -4.54. The average molecular weight is 553 g/mol. The van der Waals surface area contributed by atoms with Crippen LogP contribution in [0, 0.1) is 0 Å². The number of nitrogens with one attached hydrogen (secondary N) is 1. The molecule has 0 saturated heterocycles. The molecule has 1 aliphatic rings. The fourth-order valence-corrected chi connectivity index (χ4v) is 5.92. The van der Waals surface area contributed by atoms with E-state index in [4.69, 9.17) is 0 Å². The molecule has 0 aliphatic carbocycles. The number of benzene rings is 2. The van der Waals surface area contributed by atoms with Gasteiger partial charge in [0.2, 0.25) is 0 Å². The SMILES string of the molecule is CCCCCCCCCCCCCCCCC1Nc2c(cccc2S(=O)(=O)[O-])N1Cc1ccccc1.[K+]. The molecular formula is C30H45KN2O3S. The molecule has 0 saturated carbocycles. The molecule has 0 bridgehead atoms. The maximum Gasteiger partial charge on any atom is 1.00 e. The summed E-state index contributed by atoms with van der Waals surface area (Å²) in [6.45, 7) is 2.94. The summed E-state index contributed by atoms with van der Waals surface area (Å²) < 4.78 is 35.5. The number of anilines is 2. The van der Waals surface area contributed by atoms with Gasteiger partial charge in [0.15, 0.2) is 0 Å². The van der Waals surface area contributed by atoms with E-state index < -0.39 is 10.1 Å². The van der Waals surface area contributed by atoms with Crippen molar-refractivity contribution in [2.45, 2.75) is 121 Å². The summed E-state index contributed by atoms with van der Waals surface area (Å²) in [4.78, 5) is 2.06. The van der Waals surface area contributed by atoms with Gasteiger partial charge in [-0.25, -0.2) is 8.42 Å². The Morgan fingerprint density at radius 1 is 0.757 bits per heavy atom. The monoisotopic (exact) mass is 552 g/mol. The molecule has 0 amide bonds. The first-order valence-electron chi connectivity index (χ1n) is 14.2. The molecule has 0 radical (unpaired) electrons. The van der Waals surface area contributed by atoms with Gasteiger partial charge in [0, 0.05) is 6.54 Å². The van der Waals surface area contributed by atoms with Crippen molar-refractivity contribution in [1.82, 2.24) is 0 Å². The molecule has 1 atom stereocenters. The second-order valence-corrected chi connectivity index (χ2v) is 11.6. The number of unbranched alkanes of at least 4 members (excludes halogenated alkanes) is 13. The maximum atomic E-state index is 11.8. The van der Waals surface area contributed by atoms with Crippen molar-refractivity contribution >= 4 is 21.5 Å². The van der Waals surface area contributed by atoms with Gasteiger partial charge in [-0.3, -0.25) is 0 Å². The Bertz CT molecular complexity index is 1000. The Hall–Kier alpha value is -0.414. The van der Waals surface area contributed by atoms with Crippen LogP contribution in [0.2, 0.25) is 0 Å². The minimum absolute atomic E-state index is 0. The first-order chi connectivity index (χ1) is 17.5. The Kier molecular flexibility index (Phi) is 16.0. The second-order valence-electron chi connectivity index (χ2n) is 10.3. The van der Waals surface area contributed by atoms with Gasteiger partial charge in [0.25, 0.3) is 0 Å². The van der Waals surface area contributed by atoms with E-state index in [1.807, 2.05) is 24.3 Å². The number of para-hydroxylation sites is 1. The van der Waals surface area contributed by atoms with Crippen molar-refractivity contribution in [2.75, 3.05) is 10.2 Å². The number of nitrogens with zero attached hydrogens (tertiary/aromatic N) is 1. The van der Waals surface area contributed by atoms with Crippen molar-refractivity contribution in [3.8, 4) is 0 Å². The third-order valence-corrected chi connectivity index (χ3v) is 8.18. The molecule has 1 N–H and O–H groups in total. The van der Waals surface area contributed by atoms with Crippen molar-refractivity contribution in [3.63, 3.8) is 0 Å². The first kappa shape index (κ1) is 32.8. The van der Waals surface area contributed by atoms with E-state index in [2.05, 4.69) is 29.3 Å². The quantitative estimate of drug-likeness (QED) is 0.156. The predicted molar refractivity (Wildman–Crippen MR) is 149 cm³/mol. The zero-order valence-corrected chi connectivity index (χ0v) is 27.0. The fraction of sp³-hybridized carbons (Fsp3) is 0.600. The summed E-state index contributed by atoms with van der Waals surface area (Å²) in [5, 5.41) is 3.37. The molecule has 2 aromatic rings. The molecule has 0 fully saturated rings. The van der Waals surface area contributed by atoms with Gasteiger partial charge in [-0.1, -0.05) is 127 Å². The van der Waals surface area contributed by atoms with Crippen LogP contribution in [0.25, 0.3) is 0 Å². The topological polar surface area (TPSA) is 72.5 Å². The molecule has 7 heteroatoms. The van der Waals surface area contributed by atoms with Gasteiger partial charge in [-0.15, -0.1) is 0 Å². The van der Waals surface area contributed by atoms with Crippen molar-refractivity contribution < 1.29 is 64.4 Å². The molecule has 37 heavy (non-hydrogen) atoms. The summed E-state index contributed by atoms with van der Waals surface area (Å²) in [6.07, 6.45) is 19.5. The third kappa shape index (κ3) is 11.3. The molecule has 200 valence electrons. The van der Waals surface area contributed by atoms with Gasteiger partial charge in [-0.2, -0.15) is 0 Å². The van der Waals surface area contributed by atoms with Crippen LogP contribution < -0.4 is 61.6 Å². The molecule has 0 spiro atoms. The van der Waals surface area contributed by atoms with Gasteiger partial charge in [0.1, 0.15) is 10.1 Å². The Labute approximate surface area is 268 Å². The summed E-state index contributed by atoms with van der Waals surface area (Å²) in [5.74, 6) is 0. The first-order valence-corrected chi connectivity index (χ1v) is 15.6. The van der Waals surface area contributed by atoms with Crippen molar-refractivity contribution in [3.05, 3.63) is 54.1 Å². The molecule has 1 heterocycles. The summed E-state index contributed by atoms with van der Waals surface area (Å²) >= 11 is 0. The zero-order chi connectivity index (χ0) is 25.6. The van der Waals surface area contributed by atoms with E-state index in [1.54, 1.807) is 6.07 Å². The van der Waals surface area contributed by atoms with Crippen LogP contribution in [0.15, 0.2) is 53.4 Å². The van der Waals surface area contributed by atoms with Crippen LogP contribution in [0.3, 0.4) is 0 Å². The van der Waals surface area contributed by atoms with Crippen molar-refractivity contribution in [2.24, 2.45) is 0 Å². The van der Waals surface area contributed by atoms with E-state index in [0.29, 0.717) is 12.2 Å².